The molecule has 9 rings (SSSR count). The summed E-state index contributed by atoms with van der Waals surface area (Å²) in [7, 11) is 0. The average molecular weight is 800 g/mol. The zero-order valence-corrected chi connectivity index (χ0v) is 33.1. The molecule has 2 aliphatic heterocycles. The minimum Gasteiger partial charge on any atom is -0.388 e. The van der Waals surface area contributed by atoms with Crippen LogP contribution in [-0.2, 0) is 4.79 Å². The summed E-state index contributed by atoms with van der Waals surface area (Å²) < 4.78 is 1.80. The molecule has 0 radical (unpaired) electrons. The molecule has 5 atom stereocenters. The Bertz CT molecular complexity index is 2160. The summed E-state index contributed by atoms with van der Waals surface area (Å²) >= 11 is 0. The highest BCUT2D eigenvalue weighted by atomic mass is 16.3. The van der Waals surface area contributed by atoms with E-state index in [2.05, 4.69) is 55.4 Å². The molecule has 15 heteroatoms. The summed E-state index contributed by atoms with van der Waals surface area (Å²) in [6, 6.07) is 25.4. The number of benzene rings is 2. The van der Waals surface area contributed by atoms with Crippen LogP contribution in [0.25, 0.3) is 11.2 Å². The zero-order valence-electron chi connectivity index (χ0n) is 33.1. The third-order valence-electron chi connectivity index (χ3n) is 12.7. The van der Waals surface area contributed by atoms with Crippen molar-refractivity contribution in [2.75, 3.05) is 48.3 Å². The number of piperidine rings is 1. The van der Waals surface area contributed by atoms with Gasteiger partial charge in [0.1, 0.15) is 18.0 Å². The van der Waals surface area contributed by atoms with E-state index in [-0.39, 0.29) is 35.9 Å². The number of amides is 3. The van der Waals surface area contributed by atoms with E-state index in [0.29, 0.717) is 49.0 Å². The molecule has 5 heterocycles. The number of rotatable bonds is 12. The maximum absolute atomic E-state index is 13.5. The van der Waals surface area contributed by atoms with Gasteiger partial charge in [0.2, 0.25) is 11.9 Å². The first kappa shape index (κ1) is 38.7. The molecule has 0 spiro atoms. The Kier molecular flexibility index (Phi) is 11.3. The average Bonchev–Trinajstić information content (AvgIpc) is 3.96. The Balaban J connectivity index is 0.930. The van der Waals surface area contributed by atoms with Crippen molar-refractivity contribution in [3.63, 3.8) is 0 Å². The van der Waals surface area contributed by atoms with Gasteiger partial charge in [-0.3, -0.25) is 4.79 Å². The fourth-order valence-corrected chi connectivity index (χ4v) is 9.05. The Morgan fingerprint density at radius 2 is 1.49 bits per heavy atom. The van der Waals surface area contributed by atoms with Gasteiger partial charge in [0.15, 0.2) is 17.0 Å². The molecule has 3 amide bonds. The number of nitrogens with zero attached hydrogens (tertiary/aromatic N) is 7. The quantitative estimate of drug-likeness (QED) is 0.106. The van der Waals surface area contributed by atoms with E-state index in [9.17, 15) is 19.8 Å². The minimum absolute atomic E-state index is 0.0110. The second kappa shape index (κ2) is 17.2. The van der Waals surface area contributed by atoms with Crippen molar-refractivity contribution in [1.29, 1.82) is 0 Å². The van der Waals surface area contributed by atoms with Crippen LogP contribution < -0.4 is 26.2 Å². The van der Waals surface area contributed by atoms with Crippen LogP contribution in [0, 0.1) is 5.92 Å². The predicted molar refractivity (Wildman–Crippen MR) is 225 cm³/mol. The summed E-state index contributed by atoms with van der Waals surface area (Å²) in [5, 5.41) is 35.9. The number of urea groups is 1. The van der Waals surface area contributed by atoms with Gasteiger partial charge in [-0.05, 0) is 61.8 Å². The second-order valence-electron chi connectivity index (χ2n) is 16.5. The van der Waals surface area contributed by atoms with Crippen LogP contribution in [0.3, 0.4) is 0 Å². The largest absolute Gasteiger partial charge is 0.388 e. The number of hydrogen-bond donors (Lipinski definition) is 6. The molecule has 59 heavy (non-hydrogen) atoms. The van der Waals surface area contributed by atoms with Crippen LogP contribution in [-0.4, -0.2) is 115 Å². The second-order valence-corrected chi connectivity index (χ2v) is 16.5. The lowest BCUT2D eigenvalue weighted by molar-refractivity contribution is -0.129. The number of aliphatic hydroxyl groups is 2. The van der Waals surface area contributed by atoms with E-state index in [1.54, 1.807) is 10.9 Å². The maximum Gasteiger partial charge on any atom is 0.317 e. The number of imidazole rings is 1. The number of likely N-dealkylation sites (tertiary alicyclic amines) is 1. The van der Waals surface area contributed by atoms with Gasteiger partial charge in [0.25, 0.3) is 0 Å². The number of anilines is 3. The molecular formula is C44H53N11O4. The molecule has 2 saturated heterocycles. The van der Waals surface area contributed by atoms with Crippen molar-refractivity contribution < 1.29 is 19.8 Å². The van der Waals surface area contributed by atoms with Gasteiger partial charge in [0, 0.05) is 62.8 Å². The molecule has 6 N–H and O–H groups in total. The smallest absolute Gasteiger partial charge is 0.317 e. The number of aromatic nitrogens is 5. The Morgan fingerprint density at radius 1 is 0.780 bits per heavy atom. The number of fused-ring (bicyclic) bond motifs is 1. The van der Waals surface area contributed by atoms with Gasteiger partial charge in [-0.2, -0.15) is 9.97 Å². The van der Waals surface area contributed by atoms with Crippen LogP contribution in [0.4, 0.5) is 22.4 Å². The van der Waals surface area contributed by atoms with Crippen molar-refractivity contribution in [2.24, 2.45) is 5.92 Å². The number of aliphatic hydroxyl groups excluding tert-OH is 2. The third kappa shape index (κ3) is 8.39. The lowest BCUT2D eigenvalue weighted by Crippen LogP contribution is -2.49. The van der Waals surface area contributed by atoms with Crippen molar-refractivity contribution in [3.05, 3.63) is 103 Å². The first-order valence-electron chi connectivity index (χ1n) is 21.1. The molecule has 2 aliphatic carbocycles. The van der Waals surface area contributed by atoms with Crippen LogP contribution in [0.1, 0.15) is 68.0 Å². The minimum atomic E-state index is -1.15. The van der Waals surface area contributed by atoms with Gasteiger partial charge < -0.3 is 45.8 Å². The van der Waals surface area contributed by atoms with Crippen LogP contribution in [0.5, 0.6) is 0 Å². The number of pyridine rings is 1. The normalized spacial score (nSPS) is 23.7. The summed E-state index contributed by atoms with van der Waals surface area (Å²) in [5.41, 5.74) is 3.33. The molecule has 308 valence electrons. The first-order valence-corrected chi connectivity index (χ1v) is 21.1. The molecule has 3 aromatic heterocycles. The molecule has 4 fully saturated rings. The Labute approximate surface area is 343 Å². The number of hydrogen-bond acceptors (Lipinski definition) is 11. The van der Waals surface area contributed by atoms with Crippen molar-refractivity contribution >= 4 is 40.7 Å². The Hall–Kier alpha value is -5.80. The summed E-state index contributed by atoms with van der Waals surface area (Å²) in [5.74, 6) is 1.77. The topological polar surface area (TPSA) is 186 Å². The third-order valence-corrected chi connectivity index (χ3v) is 12.7. The van der Waals surface area contributed by atoms with E-state index < -0.39 is 24.3 Å². The molecular weight excluding hydrogens is 747 g/mol. The standard InChI is InChI=1S/C44H53N11O4/c56-38-34(50-42(58)30-14-9-15-30)24-35(39(38)57)55-27-47-37-40(46-25-33(28-10-3-1-4-11-28)29-12-5-2-6-13-29)51-43(52-41(37)55)48-32-19-23-54(26-32)44(59)49-31-17-21-53(22-18-31)36-16-7-8-20-45-36/h1-8,10-13,16,20,27,30-35,38-39,56-57H,9,14-15,17-19,21-26H2,(H,49,59)(H,50,58)(H2,46,48,51,52)/t32-,34-,35+,38+,39-/m0/s1. The van der Waals surface area contributed by atoms with Crippen molar-refractivity contribution in [3.8, 4) is 0 Å². The van der Waals surface area contributed by atoms with Gasteiger partial charge in [-0.25, -0.2) is 14.8 Å². The van der Waals surface area contributed by atoms with Crippen molar-refractivity contribution in [1.82, 2.24) is 40.0 Å². The Morgan fingerprint density at radius 3 is 2.17 bits per heavy atom. The zero-order chi connectivity index (χ0) is 40.3. The van der Waals surface area contributed by atoms with E-state index in [4.69, 9.17) is 15.0 Å². The fourth-order valence-electron chi connectivity index (χ4n) is 9.05. The molecule has 2 aromatic carbocycles. The predicted octanol–water partition coefficient (Wildman–Crippen LogP) is 4.28. The maximum atomic E-state index is 13.5. The van der Waals surface area contributed by atoms with Gasteiger partial charge >= 0.3 is 6.03 Å². The highest BCUT2D eigenvalue weighted by Crippen LogP contribution is 2.36. The fraction of sp³-hybridized carbons (Fsp3) is 0.455. The van der Waals surface area contributed by atoms with E-state index >= 15 is 0 Å². The van der Waals surface area contributed by atoms with Crippen LogP contribution >= 0.6 is 0 Å². The molecule has 0 bridgehead atoms. The van der Waals surface area contributed by atoms with E-state index in [0.717, 1.165) is 68.6 Å². The first-order chi connectivity index (χ1) is 28.9. The van der Waals surface area contributed by atoms with Crippen molar-refractivity contribution in [2.45, 2.75) is 87.2 Å². The molecule has 0 unspecified atom stereocenters. The van der Waals surface area contributed by atoms with Crippen LogP contribution in [0.2, 0.25) is 0 Å². The SMILES string of the molecule is O=C(N[C@H]1C[C@@H](n2cnc3c(NCC(c4ccccc4)c4ccccc4)nc(N[C@H]4CCN(C(=O)NC5CCN(c6ccccn6)CC5)C4)nc32)[C@H](O)[C@@H]1O)C1CCC1. The molecule has 5 aromatic rings. The number of carbonyl (C=O) groups excluding carboxylic acids is 2. The summed E-state index contributed by atoms with van der Waals surface area (Å²) in [4.78, 5) is 49.6. The van der Waals surface area contributed by atoms with Gasteiger partial charge in [-0.15, -0.1) is 0 Å². The number of nitrogens with one attached hydrogen (secondary N) is 4. The highest BCUT2D eigenvalue weighted by Gasteiger charge is 2.45. The van der Waals surface area contributed by atoms with Gasteiger partial charge in [0.05, 0.1) is 18.4 Å². The monoisotopic (exact) mass is 799 g/mol. The molecule has 2 saturated carbocycles. The highest BCUT2D eigenvalue weighted by molar-refractivity contribution is 5.85. The molecule has 4 aliphatic rings. The molecule has 15 nitrogen and oxygen atoms in total. The summed E-state index contributed by atoms with van der Waals surface area (Å²) in [6.07, 6.45) is 6.63. The van der Waals surface area contributed by atoms with Crippen LogP contribution in [0.15, 0.2) is 91.4 Å². The van der Waals surface area contributed by atoms with E-state index in [1.807, 2.05) is 65.7 Å². The number of carbonyl (C=O) groups is 2. The lowest BCUT2D eigenvalue weighted by atomic mass is 9.84. The lowest BCUT2D eigenvalue weighted by Gasteiger charge is -2.33. The van der Waals surface area contributed by atoms with Gasteiger partial charge in [-0.1, -0.05) is 73.2 Å². The van der Waals surface area contributed by atoms with E-state index in [1.165, 1.54) is 0 Å². The summed E-state index contributed by atoms with van der Waals surface area (Å²) in [6.45, 7) is 3.27.